The molecule has 25 heavy (non-hydrogen) atoms. The van der Waals surface area contributed by atoms with Crippen LogP contribution in [0.1, 0.15) is 17.3 Å². The lowest BCUT2D eigenvalue weighted by Gasteiger charge is -2.08. The highest BCUT2D eigenvalue weighted by molar-refractivity contribution is 9.10. The van der Waals surface area contributed by atoms with Crippen molar-refractivity contribution in [1.82, 2.24) is 14.9 Å². The van der Waals surface area contributed by atoms with E-state index in [0.29, 0.717) is 18.1 Å². The van der Waals surface area contributed by atoms with E-state index < -0.39 is 0 Å². The van der Waals surface area contributed by atoms with Gasteiger partial charge in [-0.1, -0.05) is 34.1 Å². The Kier molecular flexibility index (Phi) is 5.14. The second-order valence-electron chi connectivity index (χ2n) is 5.41. The van der Waals surface area contributed by atoms with Crippen LogP contribution in [0.2, 0.25) is 0 Å². The van der Waals surface area contributed by atoms with Crippen LogP contribution < -0.4 is 10.6 Å². The van der Waals surface area contributed by atoms with Crippen LogP contribution >= 0.6 is 15.9 Å². The lowest BCUT2D eigenvalue weighted by Crippen LogP contribution is -2.33. The van der Waals surface area contributed by atoms with Gasteiger partial charge >= 0.3 is 0 Å². The molecule has 1 aromatic heterocycles. The van der Waals surface area contributed by atoms with Crippen LogP contribution in [0.25, 0.3) is 11.0 Å². The SMILES string of the molecule is CCn1c(NC(=O)CNC(=O)c2cccc(Br)c2)nc2ccccc21. The highest BCUT2D eigenvalue weighted by Gasteiger charge is 2.13. The fraction of sp³-hybridized carbons (Fsp3) is 0.167. The maximum Gasteiger partial charge on any atom is 0.251 e. The quantitative estimate of drug-likeness (QED) is 0.690. The van der Waals surface area contributed by atoms with Gasteiger partial charge in [-0.2, -0.15) is 0 Å². The number of nitrogens with zero attached hydrogens (tertiary/aromatic N) is 2. The molecule has 0 aliphatic heterocycles. The summed E-state index contributed by atoms with van der Waals surface area (Å²) in [6.07, 6.45) is 0. The summed E-state index contributed by atoms with van der Waals surface area (Å²) in [6.45, 7) is 2.54. The molecule has 0 aliphatic rings. The minimum absolute atomic E-state index is 0.127. The largest absolute Gasteiger partial charge is 0.343 e. The van der Waals surface area contributed by atoms with Crippen molar-refractivity contribution in [2.75, 3.05) is 11.9 Å². The number of aryl methyl sites for hydroxylation is 1. The number of benzene rings is 2. The summed E-state index contributed by atoms with van der Waals surface area (Å²) in [7, 11) is 0. The van der Waals surface area contributed by atoms with E-state index in [1.165, 1.54) is 0 Å². The number of hydrogen-bond donors (Lipinski definition) is 2. The van der Waals surface area contributed by atoms with Crippen LogP contribution in [0.4, 0.5) is 5.95 Å². The Morgan fingerprint density at radius 1 is 1.16 bits per heavy atom. The number of halogens is 1. The first-order chi connectivity index (χ1) is 12.1. The number of aromatic nitrogens is 2. The number of anilines is 1. The zero-order chi connectivity index (χ0) is 17.8. The standard InChI is InChI=1S/C18H17BrN4O2/c1-2-23-15-9-4-3-8-14(15)21-18(23)22-16(24)11-20-17(25)12-6-5-7-13(19)10-12/h3-10H,2,11H2,1H3,(H,20,25)(H,21,22,24). The van der Waals surface area contributed by atoms with Crippen LogP contribution in [0.15, 0.2) is 53.0 Å². The molecule has 2 amide bonds. The van der Waals surface area contributed by atoms with Crippen LogP contribution in [-0.2, 0) is 11.3 Å². The van der Waals surface area contributed by atoms with Gasteiger partial charge in [0.1, 0.15) is 0 Å². The molecule has 2 aromatic carbocycles. The molecule has 0 radical (unpaired) electrons. The van der Waals surface area contributed by atoms with Gasteiger partial charge in [0.25, 0.3) is 5.91 Å². The maximum absolute atomic E-state index is 12.2. The maximum atomic E-state index is 12.2. The third-order valence-electron chi connectivity index (χ3n) is 3.72. The Bertz CT molecular complexity index is 936. The average Bonchev–Trinajstić information content (AvgIpc) is 2.96. The summed E-state index contributed by atoms with van der Waals surface area (Å²) < 4.78 is 2.73. The first kappa shape index (κ1) is 17.2. The summed E-state index contributed by atoms with van der Waals surface area (Å²) >= 11 is 3.32. The molecule has 128 valence electrons. The summed E-state index contributed by atoms with van der Waals surface area (Å²) in [5.74, 6) is -0.154. The number of nitrogens with one attached hydrogen (secondary N) is 2. The van der Waals surface area contributed by atoms with Gasteiger partial charge in [0, 0.05) is 16.6 Å². The van der Waals surface area contributed by atoms with E-state index in [-0.39, 0.29) is 18.4 Å². The second-order valence-corrected chi connectivity index (χ2v) is 6.33. The molecule has 0 saturated carbocycles. The van der Waals surface area contributed by atoms with Crippen LogP contribution in [0.5, 0.6) is 0 Å². The van der Waals surface area contributed by atoms with E-state index in [1.807, 2.05) is 41.8 Å². The van der Waals surface area contributed by atoms with E-state index in [4.69, 9.17) is 0 Å². The molecule has 0 bridgehead atoms. The lowest BCUT2D eigenvalue weighted by molar-refractivity contribution is -0.115. The second kappa shape index (κ2) is 7.48. The van der Waals surface area contributed by atoms with Crippen molar-refractivity contribution in [2.24, 2.45) is 0 Å². The molecular formula is C18H17BrN4O2. The zero-order valence-corrected chi connectivity index (χ0v) is 15.2. The van der Waals surface area contributed by atoms with Crippen molar-refractivity contribution in [3.05, 3.63) is 58.6 Å². The Morgan fingerprint density at radius 3 is 2.72 bits per heavy atom. The fourth-order valence-corrected chi connectivity index (χ4v) is 2.95. The number of amides is 2. The number of carbonyl (C=O) groups is 2. The predicted molar refractivity (Wildman–Crippen MR) is 101 cm³/mol. The number of hydrogen-bond acceptors (Lipinski definition) is 3. The van der Waals surface area contributed by atoms with Gasteiger partial charge in [-0.3, -0.25) is 14.9 Å². The summed E-state index contributed by atoms with van der Waals surface area (Å²) in [5.41, 5.74) is 2.26. The van der Waals surface area contributed by atoms with Gasteiger partial charge in [0.15, 0.2) is 0 Å². The van der Waals surface area contributed by atoms with Crippen LogP contribution in [-0.4, -0.2) is 27.9 Å². The third kappa shape index (κ3) is 3.88. The molecule has 3 rings (SSSR count). The third-order valence-corrected chi connectivity index (χ3v) is 4.21. The van der Waals surface area contributed by atoms with Gasteiger partial charge in [-0.05, 0) is 37.3 Å². The number of para-hydroxylation sites is 2. The molecule has 7 heteroatoms. The normalized spacial score (nSPS) is 10.6. The molecule has 0 fully saturated rings. The van der Waals surface area contributed by atoms with E-state index in [9.17, 15) is 9.59 Å². The van der Waals surface area contributed by atoms with E-state index in [2.05, 4.69) is 31.5 Å². The number of carbonyl (C=O) groups excluding carboxylic acids is 2. The van der Waals surface area contributed by atoms with Gasteiger partial charge in [-0.25, -0.2) is 4.98 Å². The smallest absolute Gasteiger partial charge is 0.251 e. The molecule has 0 spiro atoms. The van der Waals surface area contributed by atoms with Gasteiger partial charge in [0.2, 0.25) is 11.9 Å². The monoisotopic (exact) mass is 400 g/mol. The lowest BCUT2D eigenvalue weighted by atomic mass is 10.2. The molecule has 0 unspecified atom stereocenters. The van der Waals surface area contributed by atoms with Crippen LogP contribution in [0.3, 0.4) is 0 Å². The number of imidazole rings is 1. The molecule has 6 nitrogen and oxygen atoms in total. The Hall–Kier alpha value is -2.67. The molecule has 0 atom stereocenters. The Morgan fingerprint density at radius 2 is 1.96 bits per heavy atom. The zero-order valence-electron chi connectivity index (χ0n) is 13.6. The van der Waals surface area contributed by atoms with Gasteiger partial charge in [-0.15, -0.1) is 0 Å². The highest BCUT2D eigenvalue weighted by Crippen LogP contribution is 2.19. The molecule has 0 saturated heterocycles. The molecule has 0 aliphatic carbocycles. The minimum atomic E-state index is -0.326. The van der Waals surface area contributed by atoms with Crippen molar-refractivity contribution < 1.29 is 9.59 Å². The van der Waals surface area contributed by atoms with Crippen LogP contribution in [0, 0.1) is 0 Å². The first-order valence-electron chi connectivity index (χ1n) is 7.87. The summed E-state index contributed by atoms with van der Waals surface area (Å²) in [4.78, 5) is 28.7. The van der Waals surface area contributed by atoms with E-state index in [0.717, 1.165) is 15.5 Å². The van der Waals surface area contributed by atoms with Crippen molar-refractivity contribution in [3.8, 4) is 0 Å². The highest BCUT2D eigenvalue weighted by atomic mass is 79.9. The van der Waals surface area contributed by atoms with Gasteiger partial charge in [0.05, 0.1) is 17.6 Å². The Balaban J connectivity index is 1.66. The summed E-state index contributed by atoms with van der Waals surface area (Å²) in [5, 5.41) is 5.37. The molecule has 2 N–H and O–H groups in total. The van der Waals surface area contributed by atoms with E-state index >= 15 is 0 Å². The summed E-state index contributed by atoms with van der Waals surface area (Å²) in [6, 6.07) is 14.7. The molecule has 1 heterocycles. The topological polar surface area (TPSA) is 76.0 Å². The Labute approximate surface area is 153 Å². The first-order valence-corrected chi connectivity index (χ1v) is 8.66. The van der Waals surface area contributed by atoms with Crippen molar-refractivity contribution in [1.29, 1.82) is 0 Å². The van der Waals surface area contributed by atoms with Gasteiger partial charge < -0.3 is 9.88 Å². The average molecular weight is 401 g/mol. The van der Waals surface area contributed by atoms with E-state index in [1.54, 1.807) is 18.2 Å². The van der Waals surface area contributed by atoms with Crippen molar-refractivity contribution in [3.63, 3.8) is 0 Å². The molecular weight excluding hydrogens is 384 g/mol. The van der Waals surface area contributed by atoms with Crippen molar-refractivity contribution >= 4 is 44.7 Å². The predicted octanol–water partition coefficient (Wildman–Crippen LogP) is 3.19. The molecule has 3 aromatic rings. The fourth-order valence-electron chi connectivity index (χ4n) is 2.55. The minimum Gasteiger partial charge on any atom is -0.343 e. The number of fused-ring (bicyclic) bond motifs is 1. The van der Waals surface area contributed by atoms with Crippen molar-refractivity contribution in [2.45, 2.75) is 13.5 Å². The number of rotatable bonds is 5.